The average Bonchev–Trinajstić information content (AvgIpc) is 2.94. The van der Waals surface area contributed by atoms with Gasteiger partial charge >= 0.3 is 0 Å². The average molecular weight is 278 g/mol. The van der Waals surface area contributed by atoms with Gasteiger partial charge < -0.3 is 15.5 Å². The third-order valence-corrected chi connectivity index (χ3v) is 3.60. The van der Waals surface area contributed by atoms with Gasteiger partial charge in [-0.2, -0.15) is 0 Å². The second-order valence-corrected chi connectivity index (χ2v) is 4.76. The molecule has 1 fully saturated rings. The smallest absolute Gasteiger partial charge is 0.293 e. The molecule has 1 aliphatic heterocycles. The Kier molecular flexibility index (Phi) is 4.19. The topological polar surface area (TPSA) is 87.5 Å². The standard InChI is InChI=1S/C13H18N4O3/c1-14-10-5-6-16(8-10)11-4-3-9(13(18)15-2)7-12(11)17(19)20/h3-4,7,10,14H,5-6,8H2,1-2H3,(H,15,18). The Morgan fingerprint density at radius 3 is 2.75 bits per heavy atom. The van der Waals surface area contributed by atoms with Crippen molar-refractivity contribution in [3.63, 3.8) is 0 Å². The van der Waals surface area contributed by atoms with Crippen LogP contribution in [-0.2, 0) is 0 Å². The van der Waals surface area contributed by atoms with Crippen LogP contribution in [0.5, 0.6) is 0 Å². The van der Waals surface area contributed by atoms with Crippen LogP contribution in [0.4, 0.5) is 11.4 Å². The van der Waals surface area contributed by atoms with Crippen molar-refractivity contribution in [3.05, 3.63) is 33.9 Å². The van der Waals surface area contributed by atoms with Gasteiger partial charge in [-0.15, -0.1) is 0 Å². The summed E-state index contributed by atoms with van der Waals surface area (Å²) in [6.45, 7) is 1.50. The zero-order valence-electron chi connectivity index (χ0n) is 11.5. The minimum absolute atomic E-state index is 0.0251. The third-order valence-electron chi connectivity index (χ3n) is 3.60. The SMILES string of the molecule is CNC(=O)c1ccc(N2CCC(NC)C2)c([N+](=O)[O-])c1. The highest BCUT2D eigenvalue weighted by Crippen LogP contribution is 2.31. The molecule has 0 radical (unpaired) electrons. The number of hydrogen-bond donors (Lipinski definition) is 2. The molecule has 1 aromatic rings. The van der Waals surface area contributed by atoms with E-state index in [9.17, 15) is 14.9 Å². The van der Waals surface area contributed by atoms with Gasteiger partial charge in [-0.25, -0.2) is 0 Å². The fourth-order valence-corrected chi connectivity index (χ4v) is 2.44. The van der Waals surface area contributed by atoms with Gasteiger partial charge in [0.2, 0.25) is 0 Å². The summed E-state index contributed by atoms with van der Waals surface area (Å²) in [6.07, 6.45) is 0.949. The number of nitrogens with zero attached hydrogens (tertiary/aromatic N) is 2. The van der Waals surface area contributed by atoms with E-state index in [0.29, 0.717) is 17.3 Å². The zero-order chi connectivity index (χ0) is 14.7. The molecular weight excluding hydrogens is 260 g/mol. The molecule has 2 rings (SSSR count). The van der Waals surface area contributed by atoms with Gasteiger partial charge in [0.25, 0.3) is 11.6 Å². The number of likely N-dealkylation sites (N-methyl/N-ethyl adjacent to an activating group) is 1. The Balaban J connectivity index is 2.33. The summed E-state index contributed by atoms with van der Waals surface area (Å²) in [5.41, 5.74) is 0.843. The molecule has 7 heteroatoms. The number of nitrogens with one attached hydrogen (secondary N) is 2. The monoisotopic (exact) mass is 278 g/mol. The molecule has 1 atom stereocenters. The van der Waals surface area contributed by atoms with Crippen LogP contribution < -0.4 is 15.5 Å². The molecule has 0 aliphatic carbocycles. The number of rotatable bonds is 4. The number of carbonyl (C=O) groups excluding carboxylic acids is 1. The van der Waals surface area contributed by atoms with Crippen LogP contribution in [0.1, 0.15) is 16.8 Å². The molecule has 20 heavy (non-hydrogen) atoms. The molecule has 108 valence electrons. The number of amides is 1. The zero-order valence-corrected chi connectivity index (χ0v) is 11.5. The van der Waals surface area contributed by atoms with E-state index >= 15 is 0 Å². The maximum Gasteiger partial charge on any atom is 0.293 e. The Morgan fingerprint density at radius 2 is 2.20 bits per heavy atom. The van der Waals surface area contributed by atoms with Crippen molar-refractivity contribution in [2.24, 2.45) is 0 Å². The summed E-state index contributed by atoms with van der Waals surface area (Å²) >= 11 is 0. The largest absolute Gasteiger partial charge is 0.364 e. The predicted octanol–water partition coefficient (Wildman–Crippen LogP) is 0.752. The number of benzene rings is 1. The number of carbonyl (C=O) groups is 1. The number of hydrogen-bond acceptors (Lipinski definition) is 5. The van der Waals surface area contributed by atoms with Gasteiger partial charge in [0, 0.05) is 37.8 Å². The van der Waals surface area contributed by atoms with Crippen molar-refractivity contribution in [1.82, 2.24) is 10.6 Å². The maximum absolute atomic E-state index is 11.6. The number of anilines is 1. The molecule has 1 aliphatic rings. The van der Waals surface area contributed by atoms with Crippen molar-refractivity contribution >= 4 is 17.3 Å². The number of nitro benzene ring substituents is 1. The van der Waals surface area contributed by atoms with E-state index < -0.39 is 4.92 Å². The summed E-state index contributed by atoms with van der Waals surface area (Å²) in [5.74, 6) is -0.325. The van der Waals surface area contributed by atoms with E-state index in [-0.39, 0.29) is 11.6 Å². The van der Waals surface area contributed by atoms with Crippen LogP contribution in [0.15, 0.2) is 18.2 Å². The van der Waals surface area contributed by atoms with E-state index in [2.05, 4.69) is 10.6 Å². The van der Waals surface area contributed by atoms with Gasteiger partial charge in [-0.3, -0.25) is 14.9 Å². The van der Waals surface area contributed by atoms with Crippen LogP contribution in [-0.4, -0.2) is 44.1 Å². The Labute approximate surface area is 117 Å². The summed E-state index contributed by atoms with van der Waals surface area (Å²) in [7, 11) is 3.39. The summed E-state index contributed by atoms with van der Waals surface area (Å²) in [5, 5.41) is 16.9. The molecule has 2 N–H and O–H groups in total. The molecule has 0 spiro atoms. The second-order valence-electron chi connectivity index (χ2n) is 4.76. The predicted molar refractivity (Wildman–Crippen MR) is 76.2 cm³/mol. The van der Waals surface area contributed by atoms with Crippen LogP contribution in [0.3, 0.4) is 0 Å². The molecule has 7 nitrogen and oxygen atoms in total. The van der Waals surface area contributed by atoms with Gasteiger partial charge in [-0.1, -0.05) is 0 Å². The Hall–Kier alpha value is -2.15. The van der Waals surface area contributed by atoms with Crippen molar-refractivity contribution in [2.75, 3.05) is 32.1 Å². The molecule has 0 bridgehead atoms. The summed E-state index contributed by atoms with van der Waals surface area (Å²) in [6, 6.07) is 4.95. The van der Waals surface area contributed by atoms with E-state index in [4.69, 9.17) is 0 Å². The van der Waals surface area contributed by atoms with Gasteiger partial charge in [-0.05, 0) is 25.6 Å². The highest BCUT2D eigenvalue weighted by Gasteiger charge is 2.27. The van der Waals surface area contributed by atoms with Crippen LogP contribution >= 0.6 is 0 Å². The first-order valence-corrected chi connectivity index (χ1v) is 6.49. The Bertz CT molecular complexity index is 532. The fourth-order valence-electron chi connectivity index (χ4n) is 2.44. The van der Waals surface area contributed by atoms with Crippen molar-refractivity contribution < 1.29 is 9.72 Å². The molecule has 0 aromatic heterocycles. The van der Waals surface area contributed by atoms with Crippen LogP contribution in [0.25, 0.3) is 0 Å². The lowest BCUT2D eigenvalue weighted by Gasteiger charge is -2.18. The van der Waals surface area contributed by atoms with Gasteiger partial charge in [0.05, 0.1) is 4.92 Å². The minimum atomic E-state index is -0.436. The minimum Gasteiger partial charge on any atom is -0.364 e. The van der Waals surface area contributed by atoms with Gasteiger partial charge in [0.15, 0.2) is 0 Å². The molecule has 1 unspecified atom stereocenters. The first-order chi connectivity index (χ1) is 9.56. The lowest BCUT2D eigenvalue weighted by atomic mass is 10.1. The van der Waals surface area contributed by atoms with Crippen LogP contribution in [0.2, 0.25) is 0 Å². The first-order valence-electron chi connectivity index (χ1n) is 6.49. The van der Waals surface area contributed by atoms with E-state index in [1.54, 1.807) is 12.1 Å². The third kappa shape index (κ3) is 2.72. The molecule has 1 heterocycles. The summed E-state index contributed by atoms with van der Waals surface area (Å²) < 4.78 is 0. The molecule has 1 saturated heterocycles. The number of nitro groups is 1. The maximum atomic E-state index is 11.6. The van der Waals surface area contributed by atoms with Crippen molar-refractivity contribution in [2.45, 2.75) is 12.5 Å². The Morgan fingerprint density at radius 1 is 1.45 bits per heavy atom. The van der Waals surface area contributed by atoms with E-state index in [1.807, 2.05) is 11.9 Å². The van der Waals surface area contributed by atoms with Gasteiger partial charge in [0.1, 0.15) is 5.69 Å². The van der Waals surface area contributed by atoms with Crippen LogP contribution in [0, 0.1) is 10.1 Å². The highest BCUT2D eigenvalue weighted by atomic mass is 16.6. The van der Waals surface area contributed by atoms with Crippen molar-refractivity contribution in [3.8, 4) is 0 Å². The van der Waals surface area contributed by atoms with E-state index in [1.165, 1.54) is 13.1 Å². The molecule has 1 amide bonds. The molecule has 1 aromatic carbocycles. The first kappa shape index (κ1) is 14.3. The molecular formula is C13H18N4O3. The lowest BCUT2D eigenvalue weighted by molar-refractivity contribution is -0.384. The quantitative estimate of drug-likeness (QED) is 0.627. The normalized spacial score (nSPS) is 18.1. The highest BCUT2D eigenvalue weighted by molar-refractivity contribution is 5.95. The summed E-state index contributed by atoms with van der Waals surface area (Å²) in [4.78, 5) is 24.3. The second kappa shape index (κ2) is 5.87. The lowest BCUT2D eigenvalue weighted by Crippen LogP contribution is -2.29. The van der Waals surface area contributed by atoms with E-state index in [0.717, 1.165) is 19.5 Å². The van der Waals surface area contributed by atoms with Crippen molar-refractivity contribution in [1.29, 1.82) is 0 Å². The fraction of sp³-hybridized carbons (Fsp3) is 0.462. The molecule has 0 saturated carbocycles.